The van der Waals surface area contributed by atoms with Crippen LogP contribution in [0, 0.1) is 18.6 Å². The Labute approximate surface area is 184 Å². The van der Waals surface area contributed by atoms with Crippen LogP contribution < -0.4 is 10.2 Å². The van der Waals surface area contributed by atoms with E-state index >= 15 is 0 Å². The van der Waals surface area contributed by atoms with Gasteiger partial charge in [-0.2, -0.15) is 4.31 Å². The topological polar surface area (TPSA) is 90.0 Å². The maximum atomic E-state index is 13.5. The Kier molecular flexibility index (Phi) is 5.87. The molecular weight excluding hydrogens is 442 g/mol. The summed E-state index contributed by atoms with van der Waals surface area (Å²) in [5, 5.41) is 2.74. The Bertz CT molecular complexity index is 1180. The van der Waals surface area contributed by atoms with Gasteiger partial charge in [0, 0.05) is 50.5 Å². The van der Waals surface area contributed by atoms with E-state index in [2.05, 4.69) is 5.32 Å². The van der Waals surface area contributed by atoms with Crippen molar-refractivity contribution < 1.29 is 26.8 Å². The normalized spacial score (nSPS) is 17.5. The largest absolute Gasteiger partial charge is 0.336 e. The quantitative estimate of drug-likeness (QED) is 0.749. The van der Waals surface area contributed by atoms with Crippen LogP contribution in [0.25, 0.3) is 0 Å². The third-order valence-corrected chi connectivity index (χ3v) is 7.54. The van der Waals surface area contributed by atoms with Crippen molar-refractivity contribution in [2.75, 3.05) is 44.2 Å². The Morgan fingerprint density at radius 3 is 2.28 bits per heavy atom. The smallest absolute Gasteiger partial charge is 0.322 e. The molecule has 11 heteroatoms. The van der Waals surface area contributed by atoms with Gasteiger partial charge in [-0.1, -0.05) is 0 Å². The highest BCUT2D eigenvalue weighted by Crippen LogP contribution is 2.25. The number of nitrogens with zero attached hydrogens (tertiary/aromatic N) is 3. The first-order chi connectivity index (χ1) is 15.2. The molecule has 0 radical (unpaired) electrons. The fourth-order valence-corrected chi connectivity index (χ4v) is 5.33. The van der Waals surface area contributed by atoms with Crippen LogP contribution in [0.3, 0.4) is 0 Å². The van der Waals surface area contributed by atoms with Crippen LogP contribution in [0.4, 0.5) is 19.3 Å². The van der Waals surface area contributed by atoms with E-state index in [1.54, 1.807) is 28.0 Å². The van der Waals surface area contributed by atoms with Crippen LogP contribution in [0.15, 0.2) is 41.3 Å². The Hall–Kier alpha value is -3.05. The summed E-state index contributed by atoms with van der Waals surface area (Å²) in [6, 6.07) is 7.39. The molecule has 4 rings (SSSR count). The molecule has 2 aromatic carbocycles. The summed E-state index contributed by atoms with van der Waals surface area (Å²) >= 11 is 0. The Morgan fingerprint density at radius 2 is 1.69 bits per heavy atom. The number of sulfonamides is 1. The van der Waals surface area contributed by atoms with Crippen molar-refractivity contribution in [2.45, 2.75) is 11.8 Å². The summed E-state index contributed by atoms with van der Waals surface area (Å²) in [5.41, 5.74) is 1.97. The van der Waals surface area contributed by atoms with Crippen molar-refractivity contribution in [3.63, 3.8) is 0 Å². The van der Waals surface area contributed by atoms with Gasteiger partial charge in [-0.05, 0) is 48.9 Å². The molecule has 2 saturated heterocycles. The van der Waals surface area contributed by atoms with Crippen LogP contribution in [-0.2, 0) is 10.0 Å². The Balaban J connectivity index is 1.44. The van der Waals surface area contributed by atoms with Crippen LogP contribution in [-0.4, -0.2) is 68.8 Å². The molecule has 3 amide bonds. The van der Waals surface area contributed by atoms with Crippen LogP contribution >= 0.6 is 0 Å². The maximum absolute atomic E-state index is 13.5. The molecule has 2 aromatic rings. The SMILES string of the molecule is Cc1cc(C(=O)N2CCN(S(=O)(=O)c3ccc(F)c(F)c3)CC2)ccc1N1CCNC1=O. The van der Waals surface area contributed by atoms with Gasteiger partial charge in [-0.15, -0.1) is 0 Å². The summed E-state index contributed by atoms with van der Waals surface area (Å²) in [6.07, 6.45) is 0. The molecule has 2 aliphatic heterocycles. The number of piperazine rings is 1. The van der Waals surface area contributed by atoms with Gasteiger partial charge in [0.2, 0.25) is 10.0 Å². The van der Waals surface area contributed by atoms with Crippen molar-refractivity contribution >= 4 is 27.6 Å². The average Bonchev–Trinajstić information content (AvgIpc) is 3.20. The highest BCUT2D eigenvalue weighted by molar-refractivity contribution is 7.89. The van der Waals surface area contributed by atoms with Crippen molar-refractivity contribution in [3.8, 4) is 0 Å². The van der Waals surface area contributed by atoms with Gasteiger partial charge in [-0.3, -0.25) is 9.69 Å². The minimum Gasteiger partial charge on any atom is -0.336 e. The van der Waals surface area contributed by atoms with Gasteiger partial charge in [0.15, 0.2) is 11.6 Å². The number of carbonyl (C=O) groups excluding carboxylic acids is 2. The van der Waals surface area contributed by atoms with Crippen LogP contribution in [0.2, 0.25) is 0 Å². The van der Waals surface area contributed by atoms with Gasteiger partial charge < -0.3 is 10.2 Å². The molecular formula is C21H22F2N4O4S. The van der Waals surface area contributed by atoms with Gasteiger partial charge in [0.25, 0.3) is 5.91 Å². The summed E-state index contributed by atoms with van der Waals surface area (Å²) in [6.45, 7) is 3.35. The lowest BCUT2D eigenvalue weighted by Gasteiger charge is -2.34. The number of benzene rings is 2. The molecule has 0 spiro atoms. The second-order valence-corrected chi connectivity index (χ2v) is 9.59. The number of aryl methyl sites for hydroxylation is 1. The number of urea groups is 1. The summed E-state index contributed by atoms with van der Waals surface area (Å²) in [4.78, 5) is 27.7. The average molecular weight is 464 g/mol. The van der Waals surface area contributed by atoms with Gasteiger partial charge >= 0.3 is 6.03 Å². The number of halogens is 2. The number of hydrogen-bond donors (Lipinski definition) is 1. The molecule has 0 aromatic heterocycles. The molecule has 0 atom stereocenters. The van der Waals surface area contributed by atoms with Crippen molar-refractivity contribution in [1.82, 2.24) is 14.5 Å². The van der Waals surface area contributed by atoms with E-state index in [1.807, 2.05) is 6.92 Å². The predicted molar refractivity (Wildman–Crippen MR) is 113 cm³/mol. The molecule has 0 aliphatic carbocycles. The second-order valence-electron chi connectivity index (χ2n) is 7.66. The number of amides is 3. The molecule has 32 heavy (non-hydrogen) atoms. The minimum absolute atomic E-state index is 0.0398. The zero-order valence-corrected chi connectivity index (χ0v) is 18.2. The number of carbonyl (C=O) groups is 2. The van der Waals surface area contributed by atoms with E-state index in [1.165, 1.54) is 0 Å². The van der Waals surface area contributed by atoms with E-state index in [9.17, 15) is 26.8 Å². The van der Waals surface area contributed by atoms with E-state index in [-0.39, 0.29) is 43.0 Å². The highest BCUT2D eigenvalue weighted by Gasteiger charge is 2.31. The summed E-state index contributed by atoms with van der Waals surface area (Å²) in [5.74, 6) is -2.59. The fourth-order valence-electron chi connectivity index (χ4n) is 3.89. The fraction of sp³-hybridized carbons (Fsp3) is 0.333. The Morgan fingerprint density at radius 1 is 0.969 bits per heavy atom. The lowest BCUT2D eigenvalue weighted by molar-refractivity contribution is 0.0698. The first-order valence-corrected chi connectivity index (χ1v) is 11.5. The van der Waals surface area contributed by atoms with Gasteiger partial charge in [0.1, 0.15) is 0 Å². The van der Waals surface area contributed by atoms with E-state index in [0.29, 0.717) is 24.7 Å². The number of rotatable bonds is 4. The van der Waals surface area contributed by atoms with E-state index in [0.717, 1.165) is 27.7 Å². The second kappa shape index (κ2) is 8.47. The zero-order valence-electron chi connectivity index (χ0n) is 17.3. The first-order valence-electron chi connectivity index (χ1n) is 10.1. The molecule has 8 nitrogen and oxygen atoms in total. The number of hydrogen-bond acceptors (Lipinski definition) is 4. The molecule has 1 N–H and O–H groups in total. The molecule has 0 saturated carbocycles. The summed E-state index contributed by atoms with van der Waals surface area (Å²) in [7, 11) is -4.00. The van der Waals surface area contributed by atoms with Crippen molar-refractivity contribution in [3.05, 3.63) is 59.2 Å². The molecule has 0 unspecified atom stereocenters. The lowest BCUT2D eigenvalue weighted by Crippen LogP contribution is -2.50. The first kappa shape index (κ1) is 22.2. The van der Waals surface area contributed by atoms with E-state index < -0.39 is 21.7 Å². The number of nitrogens with one attached hydrogen (secondary N) is 1. The molecule has 2 aliphatic rings. The van der Waals surface area contributed by atoms with Crippen molar-refractivity contribution in [2.24, 2.45) is 0 Å². The third kappa shape index (κ3) is 4.05. The molecule has 2 heterocycles. The lowest BCUT2D eigenvalue weighted by atomic mass is 10.1. The van der Waals surface area contributed by atoms with E-state index in [4.69, 9.17) is 0 Å². The predicted octanol–water partition coefficient (Wildman–Crippen LogP) is 1.95. The molecule has 0 bridgehead atoms. The minimum atomic E-state index is -4.00. The van der Waals surface area contributed by atoms with Crippen LogP contribution in [0.1, 0.15) is 15.9 Å². The number of anilines is 1. The van der Waals surface area contributed by atoms with Crippen LogP contribution in [0.5, 0.6) is 0 Å². The third-order valence-electron chi connectivity index (χ3n) is 5.65. The van der Waals surface area contributed by atoms with Crippen molar-refractivity contribution in [1.29, 1.82) is 0 Å². The molecule has 2 fully saturated rings. The van der Waals surface area contributed by atoms with Gasteiger partial charge in [-0.25, -0.2) is 22.0 Å². The standard InChI is InChI=1S/C21H22F2N4O4S/c1-14-12-15(2-5-19(14)27-7-6-24-21(27)29)20(28)25-8-10-26(11-9-25)32(30,31)16-3-4-17(22)18(23)13-16/h2-5,12-13H,6-11H2,1H3,(H,24,29). The zero-order chi connectivity index (χ0) is 23.0. The highest BCUT2D eigenvalue weighted by atomic mass is 32.2. The summed E-state index contributed by atoms with van der Waals surface area (Å²) < 4.78 is 53.2. The van der Waals surface area contributed by atoms with Gasteiger partial charge in [0.05, 0.1) is 4.90 Å². The molecule has 170 valence electrons. The monoisotopic (exact) mass is 464 g/mol. The maximum Gasteiger partial charge on any atom is 0.322 e.